The monoisotopic (exact) mass is 269 g/mol. The van der Waals surface area contributed by atoms with Crippen LogP contribution in [-0.2, 0) is 14.9 Å². The predicted molar refractivity (Wildman–Crippen MR) is 76.1 cm³/mol. The van der Waals surface area contributed by atoms with Crippen molar-refractivity contribution in [2.75, 3.05) is 13.2 Å². The summed E-state index contributed by atoms with van der Waals surface area (Å²) in [5, 5.41) is 5.50. The molecule has 1 N–H and O–H groups in total. The van der Waals surface area contributed by atoms with Gasteiger partial charge in [-0.1, -0.05) is 19.9 Å². The standard InChI is InChI=1S/C14H23NO2S/c1-5-17-13(16)9-11(2)15-10-14(3,4)12-7-6-8-18-12/h6-8,11,15H,5,9-10H2,1-4H3. The molecule has 0 spiro atoms. The minimum absolute atomic E-state index is 0.0943. The number of hydrogen-bond donors (Lipinski definition) is 1. The number of carbonyl (C=O) groups excluding carboxylic acids is 1. The molecule has 1 heterocycles. The highest BCUT2D eigenvalue weighted by Crippen LogP contribution is 2.26. The smallest absolute Gasteiger partial charge is 0.307 e. The number of nitrogens with one attached hydrogen (secondary N) is 1. The van der Waals surface area contributed by atoms with Gasteiger partial charge in [-0.2, -0.15) is 0 Å². The van der Waals surface area contributed by atoms with Gasteiger partial charge in [0, 0.05) is 22.9 Å². The van der Waals surface area contributed by atoms with E-state index in [0.29, 0.717) is 13.0 Å². The van der Waals surface area contributed by atoms with Crippen molar-refractivity contribution in [2.45, 2.75) is 45.6 Å². The molecule has 4 heteroatoms. The lowest BCUT2D eigenvalue weighted by atomic mass is 9.91. The highest BCUT2D eigenvalue weighted by Gasteiger charge is 2.22. The Morgan fingerprint density at radius 2 is 2.28 bits per heavy atom. The van der Waals surface area contributed by atoms with E-state index in [9.17, 15) is 4.79 Å². The van der Waals surface area contributed by atoms with Crippen LogP contribution in [0.15, 0.2) is 17.5 Å². The Morgan fingerprint density at radius 3 is 2.83 bits per heavy atom. The number of hydrogen-bond acceptors (Lipinski definition) is 4. The van der Waals surface area contributed by atoms with E-state index in [1.54, 1.807) is 11.3 Å². The van der Waals surface area contributed by atoms with Crippen molar-refractivity contribution in [3.05, 3.63) is 22.4 Å². The third-order valence-corrected chi connectivity index (χ3v) is 4.09. The molecule has 3 nitrogen and oxygen atoms in total. The van der Waals surface area contributed by atoms with Crippen molar-refractivity contribution in [1.29, 1.82) is 0 Å². The molecule has 1 unspecified atom stereocenters. The third-order valence-electron chi connectivity index (χ3n) is 2.86. The second-order valence-electron chi connectivity index (χ2n) is 5.15. The van der Waals surface area contributed by atoms with Crippen LogP contribution in [0.3, 0.4) is 0 Å². The van der Waals surface area contributed by atoms with E-state index in [0.717, 1.165) is 6.54 Å². The minimum atomic E-state index is -0.133. The second kappa shape index (κ2) is 6.90. The molecule has 0 bridgehead atoms. The number of esters is 1. The van der Waals surface area contributed by atoms with E-state index >= 15 is 0 Å². The van der Waals surface area contributed by atoms with Crippen LogP contribution in [0.25, 0.3) is 0 Å². The van der Waals surface area contributed by atoms with Gasteiger partial charge < -0.3 is 10.1 Å². The molecule has 0 aliphatic heterocycles. The van der Waals surface area contributed by atoms with Crippen molar-refractivity contribution < 1.29 is 9.53 Å². The summed E-state index contributed by atoms with van der Waals surface area (Å²) in [5.74, 6) is -0.133. The maximum absolute atomic E-state index is 11.3. The highest BCUT2D eigenvalue weighted by molar-refractivity contribution is 7.10. The molecule has 18 heavy (non-hydrogen) atoms. The molecule has 1 atom stereocenters. The van der Waals surface area contributed by atoms with Crippen molar-refractivity contribution in [3.63, 3.8) is 0 Å². The Labute approximate surface area is 114 Å². The van der Waals surface area contributed by atoms with Gasteiger partial charge in [-0.15, -0.1) is 11.3 Å². The average Bonchev–Trinajstić information content (AvgIpc) is 2.81. The quantitative estimate of drug-likeness (QED) is 0.773. The van der Waals surface area contributed by atoms with Crippen LogP contribution < -0.4 is 5.32 Å². The van der Waals surface area contributed by atoms with Gasteiger partial charge >= 0.3 is 5.97 Å². The lowest BCUT2D eigenvalue weighted by Gasteiger charge is -2.26. The average molecular weight is 269 g/mol. The Hall–Kier alpha value is -0.870. The molecular formula is C14H23NO2S. The molecule has 0 amide bonds. The fourth-order valence-electron chi connectivity index (χ4n) is 1.72. The van der Waals surface area contributed by atoms with Crippen LogP contribution >= 0.6 is 11.3 Å². The molecular weight excluding hydrogens is 246 g/mol. The van der Waals surface area contributed by atoms with Crippen LogP contribution in [0.1, 0.15) is 39.0 Å². The minimum Gasteiger partial charge on any atom is -0.466 e. The lowest BCUT2D eigenvalue weighted by Crippen LogP contribution is -2.38. The SMILES string of the molecule is CCOC(=O)CC(C)NCC(C)(C)c1cccs1. The molecule has 102 valence electrons. The summed E-state index contributed by atoms with van der Waals surface area (Å²) in [7, 11) is 0. The lowest BCUT2D eigenvalue weighted by molar-refractivity contribution is -0.143. The zero-order chi connectivity index (χ0) is 13.6. The van der Waals surface area contributed by atoms with E-state index in [-0.39, 0.29) is 17.4 Å². The fraction of sp³-hybridized carbons (Fsp3) is 0.643. The largest absolute Gasteiger partial charge is 0.466 e. The highest BCUT2D eigenvalue weighted by atomic mass is 32.1. The maximum atomic E-state index is 11.3. The molecule has 1 aromatic rings. The van der Waals surface area contributed by atoms with Crippen molar-refractivity contribution in [2.24, 2.45) is 0 Å². The Bertz CT molecular complexity index is 360. The third kappa shape index (κ3) is 4.78. The molecule has 0 saturated heterocycles. The summed E-state index contributed by atoms with van der Waals surface area (Å²) < 4.78 is 4.94. The first kappa shape index (κ1) is 15.2. The molecule has 0 fully saturated rings. The van der Waals surface area contributed by atoms with E-state index in [4.69, 9.17) is 4.74 Å². The van der Waals surface area contributed by atoms with Gasteiger partial charge in [-0.3, -0.25) is 4.79 Å². The van der Waals surface area contributed by atoms with E-state index < -0.39 is 0 Å². The number of ether oxygens (including phenoxy) is 1. The van der Waals surface area contributed by atoms with Gasteiger partial charge in [0.2, 0.25) is 0 Å². The maximum Gasteiger partial charge on any atom is 0.307 e. The summed E-state index contributed by atoms with van der Waals surface area (Å²) in [6, 6.07) is 4.37. The van der Waals surface area contributed by atoms with Crippen molar-refractivity contribution >= 4 is 17.3 Å². The van der Waals surface area contributed by atoms with Gasteiger partial charge in [-0.05, 0) is 25.3 Å². The topological polar surface area (TPSA) is 38.3 Å². The van der Waals surface area contributed by atoms with Crippen LogP contribution in [0.2, 0.25) is 0 Å². The van der Waals surface area contributed by atoms with Crippen LogP contribution in [-0.4, -0.2) is 25.2 Å². The Balaban J connectivity index is 2.38. The van der Waals surface area contributed by atoms with Crippen LogP contribution in [0.5, 0.6) is 0 Å². The fourth-order valence-corrected chi connectivity index (χ4v) is 2.57. The molecule has 0 saturated carbocycles. The second-order valence-corrected chi connectivity index (χ2v) is 6.10. The first-order chi connectivity index (χ1) is 8.45. The van der Waals surface area contributed by atoms with Crippen LogP contribution in [0.4, 0.5) is 0 Å². The number of carbonyl (C=O) groups is 1. The molecule has 1 rings (SSSR count). The molecule has 0 radical (unpaired) electrons. The Kier molecular flexibility index (Phi) is 5.82. The van der Waals surface area contributed by atoms with Gasteiger partial charge in [0.25, 0.3) is 0 Å². The van der Waals surface area contributed by atoms with Gasteiger partial charge in [0.1, 0.15) is 0 Å². The first-order valence-corrected chi connectivity index (χ1v) is 7.26. The van der Waals surface area contributed by atoms with Gasteiger partial charge in [-0.25, -0.2) is 0 Å². The van der Waals surface area contributed by atoms with E-state index in [1.807, 2.05) is 13.8 Å². The van der Waals surface area contributed by atoms with Crippen molar-refractivity contribution in [3.8, 4) is 0 Å². The summed E-state index contributed by atoms with van der Waals surface area (Å²) in [6.45, 7) is 9.57. The van der Waals surface area contributed by atoms with Gasteiger partial charge in [0.05, 0.1) is 13.0 Å². The number of thiophene rings is 1. The van der Waals surface area contributed by atoms with Gasteiger partial charge in [0.15, 0.2) is 0 Å². The molecule has 1 aromatic heterocycles. The zero-order valence-corrected chi connectivity index (χ0v) is 12.5. The van der Waals surface area contributed by atoms with E-state index in [2.05, 4.69) is 36.7 Å². The summed E-state index contributed by atoms with van der Waals surface area (Å²) >= 11 is 1.77. The first-order valence-electron chi connectivity index (χ1n) is 6.38. The predicted octanol–water partition coefficient (Wildman–Crippen LogP) is 2.96. The Morgan fingerprint density at radius 1 is 1.56 bits per heavy atom. The summed E-state index contributed by atoms with van der Waals surface area (Å²) in [4.78, 5) is 12.7. The zero-order valence-electron chi connectivity index (χ0n) is 11.7. The van der Waals surface area contributed by atoms with E-state index in [1.165, 1.54) is 4.88 Å². The molecule has 0 aliphatic rings. The van der Waals surface area contributed by atoms with Crippen LogP contribution in [0, 0.1) is 0 Å². The normalized spacial score (nSPS) is 13.3. The molecule has 0 aromatic carbocycles. The number of rotatable bonds is 7. The van der Waals surface area contributed by atoms with Crippen molar-refractivity contribution in [1.82, 2.24) is 5.32 Å². The molecule has 0 aliphatic carbocycles. The summed E-state index contributed by atoms with van der Waals surface area (Å²) in [6.07, 6.45) is 0.425. The summed E-state index contributed by atoms with van der Waals surface area (Å²) in [5.41, 5.74) is 0.0943.